The van der Waals surface area contributed by atoms with Crippen molar-refractivity contribution in [1.29, 1.82) is 0 Å². The summed E-state index contributed by atoms with van der Waals surface area (Å²) in [6.07, 6.45) is 1.58. The first-order valence-corrected chi connectivity index (χ1v) is 9.40. The number of amides is 1. The van der Waals surface area contributed by atoms with Crippen LogP contribution < -0.4 is 5.32 Å². The molecular formula is C21H29N3O2. The molecule has 1 N–H and O–H groups in total. The molecule has 0 bridgehead atoms. The van der Waals surface area contributed by atoms with Gasteiger partial charge in [0.1, 0.15) is 0 Å². The van der Waals surface area contributed by atoms with Crippen molar-refractivity contribution < 1.29 is 9.21 Å². The topological polar surface area (TPSA) is 48.7 Å². The molecule has 1 amide bonds. The number of furan rings is 1. The standard InChI is InChI=1S/C21H29N3O2/c1-16(2)19(24-12-10-23(3)11-13-24)15-22-21(25)20-18(9-14-26-20)17-7-5-4-6-8-17/h4-9,14,16,19H,10-13,15H2,1-3H3,(H,22,25)/t19-/m0/s1. The van der Waals surface area contributed by atoms with Gasteiger partial charge in [0.2, 0.25) is 0 Å². The van der Waals surface area contributed by atoms with Crippen molar-refractivity contribution in [2.24, 2.45) is 5.92 Å². The van der Waals surface area contributed by atoms with Crippen LogP contribution in [0.3, 0.4) is 0 Å². The van der Waals surface area contributed by atoms with Gasteiger partial charge in [0.05, 0.1) is 6.26 Å². The van der Waals surface area contributed by atoms with Crippen molar-refractivity contribution in [3.8, 4) is 11.1 Å². The van der Waals surface area contributed by atoms with Crippen LogP contribution in [-0.2, 0) is 0 Å². The molecule has 1 aromatic heterocycles. The number of hydrogen-bond acceptors (Lipinski definition) is 4. The fraction of sp³-hybridized carbons (Fsp3) is 0.476. The summed E-state index contributed by atoms with van der Waals surface area (Å²) >= 11 is 0. The van der Waals surface area contributed by atoms with Gasteiger partial charge in [-0.05, 0) is 24.6 Å². The van der Waals surface area contributed by atoms with Gasteiger partial charge in [0.25, 0.3) is 5.91 Å². The molecular weight excluding hydrogens is 326 g/mol. The van der Waals surface area contributed by atoms with Gasteiger partial charge in [-0.15, -0.1) is 0 Å². The lowest BCUT2D eigenvalue weighted by Gasteiger charge is -2.39. The molecule has 1 saturated heterocycles. The summed E-state index contributed by atoms with van der Waals surface area (Å²) in [7, 11) is 2.16. The van der Waals surface area contributed by atoms with E-state index < -0.39 is 0 Å². The summed E-state index contributed by atoms with van der Waals surface area (Å²) in [4.78, 5) is 17.6. The molecule has 1 aliphatic heterocycles. The first-order valence-electron chi connectivity index (χ1n) is 9.40. The average Bonchev–Trinajstić information content (AvgIpc) is 3.13. The molecule has 26 heavy (non-hydrogen) atoms. The minimum Gasteiger partial charge on any atom is -0.459 e. The zero-order valence-corrected chi connectivity index (χ0v) is 15.9. The second-order valence-corrected chi connectivity index (χ2v) is 7.39. The number of nitrogens with one attached hydrogen (secondary N) is 1. The number of nitrogens with zero attached hydrogens (tertiary/aromatic N) is 2. The molecule has 0 radical (unpaired) electrons. The maximum Gasteiger partial charge on any atom is 0.287 e. The SMILES string of the molecule is CC(C)[C@H](CNC(=O)c1occc1-c1ccccc1)N1CCN(C)CC1. The van der Waals surface area contributed by atoms with Gasteiger partial charge in [-0.25, -0.2) is 0 Å². The number of rotatable bonds is 6. The van der Waals surface area contributed by atoms with Crippen LogP contribution in [0.2, 0.25) is 0 Å². The molecule has 1 atom stereocenters. The molecule has 5 heteroatoms. The predicted molar refractivity (Wildman–Crippen MR) is 104 cm³/mol. The van der Waals surface area contributed by atoms with Crippen LogP contribution in [0.15, 0.2) is 47.1 Å². The predicted octanol–water partition coefficient (Wildman–Crippen LogP) is 2.95. The molecule has 0 saturated carbocycles. The van der Waals surface area contributed by atoms with Crippen molar-refractivity contribution in [2.75, 3.05) is 39.8 Å². The van der Waals surface area contributed by atoms with Crippen LogP contribution in [0, 0.1) is 5.92 Å². The van der Waals surface area contributed by atoms with Gasteiger partial charge in [-0.2, -0.15) is 0 Å². The normalized spacial score (nSPS) is 17.4. The molecule has 2 aromatic rings. The van der Waals surface area contributed by atoms with Crippen LogP contribution in [-0.4, -0.2) is 61.5 Å². The Bertz CT molecular complexity index is 703. The van der Waals surface area contributed by atoms with Crippen molar-refractivity contribution in [2.45, 2.75) is 19.9 Å². The van der Waals surface area contributed by atoms with E-state index in [1.807, 2.05) is 36.4 Å². The van der Waals surface area contributed by atoms with E-state index in [1.165, 1.54) is 0 Å². The Morgan fingerprint density at radius 2 is 1.81 bits per heavy atom. The highest BCUT2D eigenvalue weighted by Crippen LogP contribution is 2.24. The van der Waals surface area contributed by atoms with E-state index in [4.69, 9.17) is 4.42 Å². The fourth-order valence-electron chi connectivity index (χ4n) is 3.55. The summed E-state index contributed by atoms with van der Waals surface area (Å²) in [5.41, 5.74) is 1.83. The van der Waals surface area contributed by atoms with Crippen LogP contribution in [0.4, 0.5) is 0 Å². The van der Waals surface area contributed by atoms with E-state index in [1.54, 1.807) is 6.26 Å². The lowest BCUT2D eigenvalue weighted by Crippen LogP contribution is -2.54. The number of carbonyl (C=O) groups excluding carboxylic acids is 1. The summed E-state index contributed by atoms with van der Waals surface area (Å²) in [5, 5.41) is 3.10. The van der Waals surface area contributed by atoms with E-state index in [2.05, 4.69) is 36.0 Å². The van der Waals surface area contributed by atoms with Crippen molar-refractivity contribution in [1.82, 2.24) is 15.1 Å². The summed E-state index contributed by atoms with van der Waals surface area (Å²) in [6.45, 7) is 9.32. The number of hydrogen-bond donors (Lipinski definition) is 1. The summed E-state index contributed by atoms with van der Waals surface area (Å²) in [6, 6.07) is 12.1. The van der Waals surface area contributed by atoms with Gasteiger partial charge in [-0.3, -0.25) is 9.69 Å². The Kier molecular flexibility index (Phi) is 6.12. The lowest BCUT2D eigenvalue weighted by molar-refractivity contribution is 0.0777. The Balaban J connectivity index is 1.65. The molecule has 0 unspecified atom stereocenters. The molecule has 0 spiro atoms. The van der Waals surface area contributed by atoms with Crippen LogP contribution >= 0.6 is 0 Å². The van der Waals surface area contributed by atoms with Gasteiger partial charge < -0.3 is 14.6 Å². The molecule has 1 aliphatic rings. The largest absolute Gasteiger partial charge is 0.459 e. The fourth-order valence-corrected chi connectivity index (χ4v) is 3.55. The highest BCUT2D eigenvalue weighted by atomic mass is 16.3. The highest BCUT2D eigenvalue weighted by molar-refractivity contribution is 5.98. The molecule has 5 nitrogen and oxygen atoms in total. The molecule has 1 fully saturated rings. The Hall–Kier alpha value is -2.11. The van der Waals surface area contributed by atoms with Crippen molar-refractivity contribution >= 4 is 5.91 Å². The second kappa shape index (κ2) is 8.52. The van der Waals surface area contributed by atoms with Gasteiger partial charge >= 0.3 is 0 Å². The van der Waals surface area contributed by atoms with E-state index in [0.717, 1.165) is 37.3 Å². The van der Waals surface area contributed by atoms with Crippen LogP contribution in [0.1, 0.15) is 24.4 Å². The van der Waals surface area contributed by atoms with Gasteiger partial charge in [0.15, 0.2) is 5.76 Å². The average molecular weight is 355 g/mol. The third-order valence-electron chi connectivity index (χ3n) is 5.20. The third-order valence-corrected chi connectivity index (χ3v) is 5.20. The maximum atomic E-state index is 12.7. The monoisotopic (exact) mass is 355 g/mol. The summed E-state index contributed by atoms with van der Waals surface area (Å²) < 4.78 is 5.50. The zero-order valence-electron chi connectivity index (χ0n) is 15.9. The Morgan fingerprint density at radius 1 is 1.12 bits per heavy atom. The first-order chi connectivity index (χ1) is 12.6. The quantitative estimate of drug-likeness (QED) is 0.865. The molecule has 2 heterocycles. The van der Waals surface area contributed by atoms with E-state index in [-0.39, 0.29) is 5.91 Å². The van der Waals surface area contributed by atoms with E-state index >= 15 is 0 Å². The zero-order chi connectivity index (χ0) is 18.5. The third kappa shape index (κ3) is 4.34. The minimum atomic E-state index is -0.145. The second-order valence-electron chi connectivity index (χ2n) is 7.39. The highest BCUT2D eigenvalue weighted by Gasteiger charge is 2.26. The number of likely N-dealkylation sites (N-methyl/N-ethyl adjacent to an activating group) is 1. The smallest absolute Gasteiger partial charge is 0.287 e. The Morgan fingerprint density at radius 3 is 2.46 bits per heavy atom. The molecule has 3 rings (SSSR count). The van der Waals surface area contributed by atoms with Crippen LogP contribution in [0.25, 0.3) is 11.1 Å². The number of carbonyl (C=O) groups is 1. The number of benzene rings is 1. The molecule has 1 aromatic carbocycles. The van der Waals surface area contributed by atoms with Crippen LogP contribution in [0.5, 0.6) is 0 Å². The molecule has 140 valence electrons. The maximum absolute atomic E-state index is 12.7. The molecule has 0 aliphatic carbocycles. The Labute approximate surface area is 156 Å². The number of piperazine rings is 1. The van der Waals surface area contributed by atoms with Gasteiger partial charge in [0, 0.05) is 44.3 Å². The summed E-state index contributed by atoms with van der Waals surface area (Å²) in [5.74, 6) is 0.717. The van der Waals surface area contributed by atoms with Gasteiger partial charge in [-0.1, -0.05) is 44.2 Å². The first kappa shape index (κ1) is 18.7. The minimum absolute atomic E-state index is 0.145. The van der Waals surface area contributed by atoms with Crippen molar-refractivity contribution in [3.05, 3.63) is 48.4 Å². The van der Waals surface area contributed by atoms with Crippen molar-refractivity contribution in [3.63, 3.8) is 0 Å². The van der Waals surface area contributed by atoms with E-state index in [0.29, 0.717) is 24.3 Å². The lowest BCUT2D eigenvalue weighted by atomic mass is 10.0. The van der Waals surface area contributed by atoms with E-state index in [9.17, 15) is 4.79 Å².